The van der Waals surface area contributed by atoms with Crippen molar-refractivity contribution in [1.29, 1.82) is 0 Å². The highest BCUT2D eigenvalue weighted by Crippen LogP contribution is 2.29. The van der Waals surface area contributed by atoms with E-state index in [9.17, 15) is 9.59 Å². The summed E-state index contributed by atoms with van der Waals surface area (Å²) in [6, 6.07) is 19.9. The molecule has 0 radical (unpaired) electrons. The third-order valence-corrected chi connectivity index (χ3v) is 6.70. The van der Waals surface area contributed by atoms with Crippen LogP contribution in [0.4, 0.5) is 10.8 Å². The van der Waals surface area contributed by atoms with E-state index in [-0.39, 0.29) is 17.6 Å². The maximum atomic E-state index is 12.4. The number of thiazole rings is 1. The van der Waals surface area contributed by atoms with Gasteiger partial charge in [-0.25, -0.2) is 4.98 Å². The van der Waals surface area contributed by atoms with Gasteiger partial charge in [-0.05, 0) is 73.7 Å². The molecule has 0 aliphatic heterocycles. The molecule has 0 saturated heterocycles. The van der Waals surface area contributed by atoms with Crippen LogP contribution in [0.25, 0.3) is 10.2 Å². The minimum atomic E-state index is -0.202. The summed E-state index contributed by atoms with van der Waals surface area (Å²) in [6.07, 6.45) is 0. The number of ether oxygens (including phenoxy) is 2. The molecule has 0 atom stereocenters. The Bertz CT molecular complexity index is 1290. The van der Waals surface area contributed by atoms with Crippen molar-refractivity contribution in [2.75, 3.05) is 30.1 Å². The van der Waals surface area contributed by atoms with Gasteiger partial charge in [0.2, 0.25) is 5.91 Å². The Morgan fingerprint density at radius 3 is 2.41 bits per heavy atom. The first kappa shape index (κ1) is 23.6. The lowest BCUT2D eigenvalue weighted by molar-refractivity contribution is -0.113. The standard InChI is InChI=1S/C25H23N3O4S2/c1-3-32-19-10-13-21-22(14-19)34-25(27-21)28-23(29)15-33-20-11-6-17(7-12-20)26-24(30)16-4-8-18(31-2)9-5-16/h4-14H,3,15H2,1-2H3,(H,26,30)(H,27,28,29). The van der Waals surface area contributed by atoms with Gasteiger partial charge in [-0.3, -0.25) is 9.59 Å². The lowest BCUT2D eigenvalue weighted by atomic mass is 10.2. The van der Waals surface area contributed by atoms with Gasteiger partial charge in [0.15, 0.2) is 5.13 Å². The van der Waals surface area contributed by atoms with E-state index < -0.39 is 0 Å². The van der Waals surface area contributed by atoms with Crippen LogP contribution >= 0.6 is 23.1 Å². The second kappa shape index (κ2) is 11.0. The Morgan fingerprint density at radius 1 is 0.971 bits per heavy atom. The van der Waals surface area contributed by atoms with Crippen LogP contribution in [0.15, 0.2) is 71.6 Å². The number of methoxy groups -OCH3 is 1. The molecule has 4 rings (SSSR count). The Hall–Kier alpha value is -3.56. The molecule has 34 heavy (non-hydrogen) atoms. The number of benzene rings is 3. The molecular weight excluding hydrogens is 470 g/mol. The van der Waals surface area contributed by atoms with Crippen LogP contribution in [-0.2, 0) is 4.79 Å². The number of aromatic nitrogens is 1. The zero-order valence-corrected chi connectivity index (χ0v) is 20.3. The highest BCUT2D eigenvalue weighted by Gasteiger charge is 2.10. The minimum absolute atomic E-state index is 0.133. The summed E-state index contributed by atoms with van der Waals surface area (Å²) < 4.78 is 11.6. The van der Waals surface area contributed by atoms with Crippen molar-refractivity contribution in [3.63, 3.8) is 0 Å². The van der Waals surface area contributed by atoms with Crippen molar-refractivity contribution in [1.82, 2.24) is 4.98 Å². The fourth-order valence-electron chi connectivity index (χ4n) is 3.10. The molecule has 0 saturated carbocycles. The molecule has 3 aromatic carbocycles. The van der Waals surface area contributed by atoms with Gasteiger partial charge in [0.1, 0.15) is 11.5 Å². The highest BCUT2D eigenvalue weighted by molar-refractivity contribution is 8.00. The first-order valence-corrected chi connectivity index (χ1v) is 12.4. The maximum Gasteiger partial charge on any atom is 0.255 e. The SMILES string of the molecule is CCOc1ccc2nc(NC(=O)CSc3ccc(NC(=O)c4ccc(OC)cc4)cc3)sc2c1. The molecule has 7 nitrogen and oxygen atoms in total. The summed E-state index contributed by atoms with van der Waals surface area (Å²) in [6.45, 7) is 2.54. The molecule has 0 bridgehead atoms. The minimum Gasteiger partial charge on any atom is -0.497 e. The van der Waals surface area contributed by atoms with Gasteiger partial charge in [-0.15, -0.1) is 11.8 Å². The van der Waals surface area contributed by atoms with Crippen LogP contribution in [0.5, 0.6) is 11.5 Å². The van der Waals surface area contributed by atoms with Gasteiger partial charge < -0.3 is 20.1 Å². The van der Waals surface area contributed by atoms with Crippen LogP contribution in [0.2, 0.25) is 0 Å². The lowest BCUT2D eigenvalue weighted by Crippen LogP contribution is -2.13. The molecule has 1 heterocycles. The fourth-order valence-corrected chi connectivity index (χ4v) is 4.71. The second-order valence-electron chi connectivity index (χ2n) is 7.13. The average Bonchev–Trinajstić information content (AvgIpc) is 3.25. The molecule has 0 aliphatic carbocycles. The molecule has 0 fully saturated rings. The van der Waals surface area contributed by atoms with E-state index >= 15 is 0 Å². The first-order valence-electron chi connectivity index (χ1n) is 10.6. The number of thioether (sulfide) groups is 1. The normalized spacial score (nSPS) is 10.6. The van der Waals surface area contributed by atoms with Crippen LogP contribution in [0, 0.1) is 0 Å². The van der Waals surface area contributed by atoms with E-state index in [0.29, 0.717) is 28.7 Å². The largest absolute Gasteiger partial charge is 0.497 e. The molecule has 174 valence electrons. The second-order valence-corrected chi connectivity index (χ2v) is 9.20. The number of amides is 2. The summed E-state index contributed by atoms with van der Waals surface area (Å²) in [5, 5.41) is 6.28. The van der Waals surface area contributed by atoms with Crippen molar-refractivity contribution in [3.8, 4) is 11.5 Å². The number of hydrogen-bond donors (Lipinski definition) is 2. The number of nitrogens with zero attached hydrogens (tertiary/aromatic N) is 1. The van der Waals surface area contributed by atoms with Gasteiger partial charge in [-0.1, -0.05) is 11.3 Å². The quantitative estimate of drug-likeness (QED) is 0.291. The van der Waals surface area contributed by atoms with Crippen LogP contribution in [-0.4, -0.2) is 36.3 Å². The van der Waals surface area contributed by atoms with Crippen molar-refractivity contribution >= 4 is 55.9 Å². The maximum absolute atomic E-state index is 12.4. The molecule has 0 spiro atoms. The number of rotatable bonds is 9. The molecule has 2 N–H and O–H groups in total. The summed E-state index contributed by atoms with van der Waals surface area (Å²) in [5.41, 5.74) is 2.04. The van der Waals surface area contributed by atoms with Crippen molar-refractivity contribution in [2.45, 2.75) is 11.8 Å². The van der Waals surface area contributed by atoms with Gasteiger partial charge in [-0.2, -0.15) is 0 Å². The van der Waals surface area contributed by atoms with E-state index in [0.717, 1.165) is 20.9 Å². The monoisotopic (exact) mass is 493 g/mol. The Morgan fingerprint density at radius 2 is 1.71 bits per heavy atom. The van der Waals surface area contributed by atoms with Crippen LogP contribution in [0.1, 0.15) is 17.3 Å². The number of fused-ring (bicyclic) bond motifs is 1. The molecular formula is C25H23N3O4S2. The van der Waals surface area contributed by atoms with E-state index in [4.69, 9.17) is 9.47 Å². The van der Waals surface area contributed by atoms with Crippen LogP contribution < -0.4 is 20.1 Å². The molecule has 4 aromatic rings. The van der Waals surface area contributed by atoms with E-state index in [1.165, 1.54) is 23.1 Å². The molecule has 1 aromatic heterocycles. The smallest absolute Gasteiger partial charge is 0.255 e. The summed E-state index contributed by atoms with van der Waals surface area (Å²) >= 11 is 2.83. The van der Waals surface area contributed by atoms with Gasteiger partial charge >= 0.3 is 0 Å². The zero-order chi connectivity index (χ0) is 23.9. The zero-order valence-electron chi connectivity index (χ0n) is 18.7. The summed E-state index contributed by atoms with van der Waals surface area (Å²) in [4.78, 5) is 30.1. The van der Waals surface area contributed by atoms with Gasteiger partial charge in [0.25, 0.3) is 5.91 Å². The van der Waals surface area contributed by atoms with Crippen molar-refractivity contribution in [3.05, 3.63) is 72.3 Å². The number of nitrogens with one attached hydrogen (secondary N) is 2. The predicted octanol–water partition coefficient (Wildman–Crippen LogP) is 5.69. The lowest BCUT2D eigenvalue weighted by Gasteiger charge is -2.07. The molecule has 0 aliphatic rings. The van der Waals surface area contributed by atoms with E-state index in [1.807, 2.05) is 49.4 Å². The van der Waals surface area contributed by atoms with Crippen molar-refractivity contribution in [2.24, 2.45) is 0 Å². The molecule has 0 unspecified atom stereocenters. The van der Waals surface area contributed by atoms with Gasteiger partial charge in [0.05, 0.1) is 29.7 Å². The number of hydrogen-bond acceptors (Lipinski definition) is 7. The highest BCUT2D eigenvalue weighted by atomic mass is 32.2. The average molecular weight is 494 g/mol. The Balaban J connectivity index is 1.28. The number of carbonyl (C=O) groups excluding carboxylic acids is 2. The number of anilines is 2. The molecule has 9 heteroatoms. The third kappa shape index (κ3) is 6.06. The molecule has 2 amide bonds. The first-order chi connectivity index (χ1) is 16.5. The van der Waals surface area contributed by atoms with E-state index in [1.54, 1.807) is 31.4 Å². The van der Waals surface area contributed by atoms with E-state index in [2.05, 4.69) is 15.6 Å². The fraction of sp³-hybridized carbons (Fsp3) is 0.160. The van der Waals surface area contributed by atoms with Gasteiger partial charge in [0, 0.05) is 16.1 Å². The Labute approximate surface area is 205 Å². The number of carbonyl (C=O) groups is 2. The van der Waals surface area contributed by atoms with Crippen LogP contribution in [0.3, 0.4) is 0 Å². The summed E-state index contributed by atoms with van der Waals surface area (Å²) in [5.74, 6) is 1.40. The van der Waals surface area contributed by atoms with Crippen molar-refractivity contribution < 1.29 is 19.1 Å². The topological polar surface area (TPSA) is 89.5 Å². The Kier molecular flexibility index (Phi) is 7.66. The summed E-state index contributed by atoms with van der Waals surface area (Å²) in [7, 11) is 1.58. The predicted molar refractivity (Wildman–Crippen MR) is 138 cm³/mol. The third-order valence-electron chi connectivity index (χ3n) is 4.75.